The minimum Gasteiger partial charge on any atom is -0.398 e. The number of Topliss-reactive ketones (excluding diaryl/α,β-unsaturated/α-hetero) is 1. The lowest BCUT2D eigenvalue weighted by molar-refractivity contribution is 0.101. The fourth-order valence-corrected chi connectivity index (χ4v) is 1.61. The first-order valence-electron chi connectivity index (χ1n) is 4.99. The molecule has 1 aromatic carbocycles. The van der Waals surface area contributed by atoms with Crippen LogP contribution in [0.5, 0.6) is 0 Å². The predicted molar refractivity (Wildman–Crippen MR) is 64.1 cm³/mol. The van der Waals surface area contributed by atoms with Crippen LogP contribution in [-0.4, -0.2) is 10.8 Å². The number of nitrogens with zero attached hydrogens (tertiary/aromatic N) is 1. The van der Waals surface area contributed by atoms with E-state index in [1.54, 1.807) is 18.5 Å². The highest BCUT2D eigenvalue weighted by atomic mass is 16.1. The van der Waals surface area contributed by atoms with Crippen molar-refractivity contribution in [2.24, 2.45) is 0 Å². The van der Waals surface area contributed by atoms with E-state index in [-0.39, 0.29) is 5.78 Å². The second-order valence-electron chi connectivity index (χ2n) is 3.59. The highest BCUT2D eigenvalue weighted by molar-refractivity contribution is 5.99. The maximum atomic E-state index is 11.2. The minimum absolute atomic E-state index is 0.0150. The van der Waals surface area contributed by atoms with Gasteiger partial charge in [-0.2, -0.15) is 0 Å². The van der Waals surface area contributed by atoms with Crippen LogP contribution in [-0.2, 0) is 0 Å². The second-order valence-corrected chi connectivity index (χ2v) is 3.59. The summed E-state index contributed by atoms with van der Waals surface area (Å²) in [4.78, 5) is 15.2. The van der Waals surface area contributed by atoms with Crippen molar-refractivity contribution in [3.05, 3.63) is 48.3 Å². The Morgan fingerprint density at radius 3 is 2.38 bits per heavy atom. The summed E-state index contributed by atoms with van der Waals surface area (Å²) in [7, 11) is 0. The number of hydrogen-bond acceptors (Lipinski definition) is 3. The number of hydrogen-bond donors (Lipinski definition) is 1. The average molecular weight is 212 g/mol. The quantitative estimate of drug-likeness (QED) is 0.614. The van der Waals surface area contributed by atoms with Crippen LogP contribution in [0.25, 0.3) is 11.1 Å². The van der Waals surface area contributed by atoms with E-state index in [0.29, 0.717) is 11.3 Å². The van der Waals surface area contributed by atoms with E-state index in [9.17, 15) is 4.79 Å². The van der Waals surface area contributed by atoms with Crippen LogP contribution in [0.15, 0.2) is 42.7 Å². The van der Waals surface area contributed by atoms with Gasteiger partial charge in [0.15, 0.2) is 5.78 Å². The Balaban J connectivity index is 2.46. The molecule has 0 aliphatic carbocycles. The number of carbonyl (C=O) groups excluding carboxylic acids is 1. The van der Waals surface area contributed by atoms with Crippen molar-refractivity contribution in [3.8, 4) is 11.1 Å². The summed E-state index contributed by atoms with van der Waals surface area (Å²) in [5.41, 5.74) is 8.94. The molecule has 2 N–H and O–H groups in total. The van der Waals surface area contributed by atoms with Gasteiger partial charge >= 0.3 is 0 Å². The van der Waals surface area contributed by atoms with Gasteiger partial charge in [-0.1, -0.05) is 6.07 Å². The molecule has 0 atom stereocenters. The molecule has 3 heteroatoms. The molecule has 0 amide bonds. The van der Waals surface area contributed by atoms with Crippen LogP contribution in [0, 0.1) is 0 Å². The molecule has 0 saturated heterocycles. The standard InChI is InChI=1S/C13H12N2O/c1-9(16)12-3-2-11(8-13(12)14)10-4-6-15-7-5-10/h2-8H,14H2,1H3. The third kappa shape index (κ3) is 1.93. The number of nitrogens with two attached hydrogens (primary N) is 1. The maximum Gasteiger partial charge on any atom is 0.161 e. The van der Waals surface area contributed by atoms with Crippen LogP contribution < -0.4 is 5.73 Å². The molecule has 80 valence electrons. The number of rotatable bonds is 2. The number of ketones is 1. The second kappa shape index (κ2) is 4.14. The van der Waals surface area contributed by atoms with Gasteiger partial charge in [0.05, 0.1) is 0 Å². The topological polar surface area (TPSA) is 56.0 Å². The largest absolute Gasteiger partial charge is 0.398 e. The summed E-state index contributed by atoms with van der Waals surface area (Å²) in [6.45, 7) is 1.51. The molecule has 0 radical (unpaired) electrons. The van der Waals surface area contributed by atoms with Crippen LogP contribution in [0.3, 0.4) is 0 Å². The molecule has 0 fully saturated rings. The molecule has 1 aromatic heterocycles. The normalized spacial score (nSPS) is 10.1. The summed E-state index contributed by atoms with van der Waals surface area (Å²) < 4.78 is 0. The Kier molecular flexibility index (Phi) is 2.68. The van der Waals surface area contributed by atoms with Crippen molar-refractivity contribution in [1.82, 2.24) is 4.98 Å². The smallest absolute Gasteiger partial charge is 0.161 e. The first kappa shape index (κ1) is 10.4. The van der Waals surface area contributed by atoms with Gasteiger partial charge in [0.2, 0.25) is 0 Å². The summed E-state index contributed by atoms with van der Waals surface area (Å²) in [6, 6.07) is 9.27. The van der Waals surface area contributed by atoms with Gasteiger partial charge in [-0.05, 0) is 42.3 Å². The molecule has 0 spiro atoms. The van der Waals surface area contributed by atoms with E-state index in [1.165, 1.54) is 6.92 Å². The number of anilines is 1. The Labute approximate surface area is 93.9 Å². The van der Waals surface area contributed by atoms with E-state index >= 15 is 0 Å². The third-order valence-electron chi connectivity index (χ3n) is 2.44. The molecular formula is C13H12N2O. The summed E-state index contributed by atoms with van der Waals surface area (Å²) >= 11 is 0. The Morgan fingerprint density at radius 2 is 1.81 bits per heavy atom. The first-order valence-corrected chi connectivity index (χ1v) is 4.99. The number of nitrogen functional groups attached to an aromatic ring is 1. The first-order chi connectivity index (χ1) is 7.68. The monoisotopic (exact) mass is 212 g/mol. The molecule has 0 saturated carbocycles. The van der Waals surface area contributed by atoms with E-state index in [1.807, 2.05) is 24.3 Å². The van der Waals surface area contributed by atoms with Crippen LogP contribution in [0.1, 0.15) is 17.3 Å². The van der Waals surface area contributed by atoms with E-state index in [2.05, 4.69) is 4.98 Å². The summed E-state index contributed by atoms with van der Waals surface area (Å²) in [5.74, 6) is -0.0150. The van der Waals surface area contributed by atoms with E-state index < -0.39 is 0 Å². The van der Waals surface area contributed by atoms with Crippen LogP contribution in [0.4, 0.5) is 5.69 Å². The summed E-state index contributed by atoms with van der Waals surface area (Å²) in [5, 5.41) is 0. The third-order valence-corrected chi connectivity index (χ3v) is 2.44. The summed E-state index contributed by atoms with van der Waals surface area (Å²) in [6.07, 6.45) is 3.45. The predicted octanol–water partition coefficient (Wildman–Crippen LogP) is 2.53. The van der Waals surface area contributed by atoms with Gasteiger partial charge < -0.3 is 5.73 Å². The molecule has 0 aliphatic rings. The molecule has 16 heavy (non-hydrogen) atoms. The lowest BCUT2D eigenvalue weighted by atomic mass is 10.0. The van der Waals surface area contributed by atoms with Crippen molar-refractivity contribution in [3.63, 3.8) is 0 Å². The number of pyridine rings is 1. The van der Waals surface area contributed by atoms with Gasteiger partial charge in [0, 0.05) is 23.6 Å². The van der Waals surface area contributed by atoms with Crippen molar-refractivity contribution < 1.29 is 4.79 Å². The van der Waals surface area contributed by atoms with E-state index in [4.69, 9.17) is 5.73 Å². The Hall–Kier alpha value is -2.16. The van der Waals surface area contributed by atoms with Crippen LogP contribution >= 0.6 is 0 Å². The lowest BCUT2D eigenvalue weighted by Crippen LogP contribution is -1.99. The zero-order chi connectivity index (χ0) is 11.5. The molecular weight excluding hydrogens is 200 g/mol. The Bertz CT molecular complexity index is 521. The zero-order valence-corrected chi connectivity index (χ0v) is 8.97. The zero-order valence-electron chi connectivity index (χ0n) is 8.97. The van der Waals surface area contributed by atoms with Crippen molar-refractivity contribution >= 4 is 11.5 Å². The van der Waals surface area contributed by atoms with Crippen LogP contribution in [0.2, 0.25) is 0 Å². The molecule has 1 heterocycles. The van der Waals surface area contributed by atoms with Crippen molar-refractivity contribution in [2.75, 3.05) is 5.73 Å². The number of carbonyl (C=O) groups is 1. The fourth-order valence-electron chi connectivity index (χ4n) is 1.61. The molecule has 3 nitrogen and oxygen atoms in total. The van der Waals surface area contributed by atoms with Gasteiger partial charge in [0.1, 0.15) is 0 Å². The van der Waals surface area contributed by atoms with Gasteiger partial charge in [-0.25, -0.2) is 0 Å². The molecule has 0 bridgehead atoms. The SMILES string of the molecule is CC(=O)c1ccc(-c2ccncc2)cc1N. The lowest BCUT2D eigenvalue weighted by Gasteiger charge is -2.05. The van der Waals surface area contributed by atoms with Gasteiger partial charge in [-0.3, -0.25) is 9.78 Å². The van der Waals surface area contributed by atoms with E-state index in [0.717, 1.165) is 11.1 Å². The number of benzene rings is 1. The van der Waals surface area contributed by atoms with Gasteiger partial charge in [-0.15, -0.1) is 0 Å². The minimum atomic E-state index is -0.0150. The molecule has 0 aliphatic heterocycles. The average Bonchev–Trinajstić information content (AvgIpc) is 2.29. The Morgan fingerprint density at radius 1 is 1.12 bits per heavy atom. The molecule has 2 rings (SSSR count). The molecule has 0 unspecified atom stereocenters. The highest BCUT2D eigenvalue weighted by Gasteiger charge is 2.05. The highest BCUT2D eigenvalue weighted by Crippen LogP contribution is 2.23. The van der Waals surface area contributed by atoms with Crippen molar-refractivity contribution in [2.45, 2.75) is 6.92 Å². The van der Waals surface area contributed by atoms with Crippen molar-refractivity contribution in [1.29, 1.82) is 0 Å². The fraction of sp³-hybridized carbons (Fsp3) is 0.0769. The molecule has 2 aromatic rings. The van der Waals surface area contributed by atoms with Gasteiger partial charge in [0.25, 0.3) is 0 Å². The number of aromatic nitrogens is 1. The maximum absolute atomic E-state index is 11.2.